The van der Waals surface area contributed by atoms with Crippen molar-refractivity contribution in [1.29, 1.82) is 0 Å². The molecule has 2 N–H and O–H groups in total. The van der Waals surface area contributed by atoms with Gasteiger partial charge in [-0.2, -0.15) is 0 Å². The van der Waals surface area contributed by atoms with Crippen LogP contribution in [0, 0.1) is 11.7 Å². The van der Waals surface area contributed by atoms with Gasteiger partial charge in [0.2, 0.25) is 5.91 Å². The van der Waals surface area contributed by atoms with Gasteiger partial charge < -0.3 is 10.3 Å². The van der Waals surface area contributed by atoms with E-state index in [9.17, 15) is 9.18 Å². The number of aromatic amines is 1. The Morgan fingerprint density at radius 2 is 2.10 bits per heavy atom. The molecule has 0 atom stereocenters. The number of benzene rings is 1. The predicted molar refractivity (Wildman–Crippen MR) is 79.0 cm³/mol. The molecule has 0 fully saturated rings. The molecule has 0 aliphatic rings. The Labute approximate surface area is 118 Å². The van der Waals surface area contributed by atoms with Crippen LogP contribution in [-0.4, -0.2) is 17.4 Å². The van der Waals surface area contributed by atoms with Crippen LogP contribution in [0.3, 0.4) is 0 Å². The Morgan fingerprint density at radius 3 is 2.80 bits per heavy atom. The van der Waals surface area contributed by atoms with Crippen molar-refractivity contribution >= 4 is 16.8 Å². The van der Waals surface area contributed by atoms with Crippen LogP contribution in [0.15, 0.2) is 24.4 Å². The quantitative estimate of drug-likeness (QED) is 0.834. The second-order valence-electron chi connectivity index (χ2n) is 5.06. The maximum Gasteiger partial charge on any atom is 0.223 e. The lowest BCUT2D eigenvalue weighted by atomic mass is 10.0. The zero-order chi connectivity index (χ0) is 14.5. The molecule has 4 heteroatoms. The highest BCUT2D eigenvalue weighted by Gasteiger charge is 2.13. The predicted octanol–water partition coefficient (Wildman–Crippen LogP) is 3.40. The van der Waals surface area contributed by atoms with Crippen molar-refractivity contribution < 1.29 is 9.18 Å². The van der Waals surface area contributed by atoms with Crippen molar-refractivity contribution in [2.24, 2.45) is 5.92 Å². The average Bonchev–Trinajstić information content (AvgIpc) is 2.82. The molecule has 0 aliphatic carbocycles. The van der Waals surface area contributed by atoms with Crippen molar-refractivity contribution in [3.8, 4) is 0 Å². The molecule has 0 radical (unpaired) electrons. The van der Waals surface area contributed by atoms with Gasteiger partial charge in [0.25, 0.3) is 0 Å². The number of halogens is 1. The van der Waals surface area contributed by atoms with Crippen LogP contribution in [0.25, 0.3) is 10.9 Å². The molecule has 1 aromatic carbocycles. The van der Waals surface area contributed by atoms with E-state index in [0.717, 1.165) is 35.7 Å². The van der Waals surface area contributed by atoms with E-state index in [1.807, 2.05) is 20.0 Å². The van der Waals surface area contributed by atoms with Gasteiger partial charge in [-0.05, 0) is 43.0 Å². The smallest absolute Gasteiger partial charge is 0.223 e. The normalized spacial score (nSPS) is 11.2. The molecule has 20 heavy (non-hydrogen) atoms. The summed E-state index contributed by atoms with van der Waals surface area (Å²) >= 11 is 0. The fourth-order valence-corrected chi connectivity index (χ4v) is 2.49. The van der Waals surface area contributed by atoms with Crippen LogP contribution in [0.2, 0.25) is 0 Å². The van der Waals surface area contributed by atoms with Gasteiger partial charge in [-0.15, -0.1) is 0 Å². The highest BCUT2D eigenvalue weighted by molar-refractivity contribution is 5.83. The lowest BCUT2D eigenvalue weighted by Gasteiger charge is -2.12. The molecule has 0 aliphatic heterocycles. The van der Waals surface area contributed by atoms with E-state index >= 15 is 0 Å². The van der Waals surface area contributed by atoms with Gasteiger partial charge in [0.05, 0.1) is 0 Å². The van der Waals surface area contributed by atoms with Crippen molar-refractivity contribution in [3.05, 3.63) is 35.8 Å². The molecular weight excluding hydrogens is 255 g/mol. The number of hydrogen-bond acceptors (Lipinski definition) is 1. The Morgan fingerprint density at radius 1 is 1.35 bits per heavy atom. The van der Waals surface area contributed by atoms with Crippen LogP contribution in [0.4, 0.5) is 4.39 Å². The summed E-state index contributed by atoms with van der Waals surface area (Å²) in [6.45, 7) is 4.67. The van der Waals surface area contributed by atoms with Crippen molar-refractivity contribution in [1.82, 2.24) is 10.3 Å². The van der Waals surface area contributed by atoms with Gasteiger partial charge in [-0.1, -0.05) is 13.8 Å². The summed E-state index contributed by atoms with van der Waals surface area (Å²) in [5, 5.41) is 3.99. The summed E-state index contributed by atoms with van der Waals surface area (Å²) in [5.74, 6) is -0.0131. The molecule has 0 bridgehead atoms. The molecule has 2 rings (SSSR count). The number of fused-ring (bicyclic) bond motifs is 1. The van der Waals surface area contributed by atoms with Crippen LogP contribution in [-0.2, 0) is 11.2 Å². The largest absolute Gasteiger partial charge is 0.361 e. The average molecular weight is 276 g/mol. The third-order valence-corrected chi connectivity index (χ3v) is 3.78. The second-order valence-corrected chi connectivity index (χ2v) is 5.06. The Kier molecular flexibility index (Phi) is 4.77. The number of aromatic nitrogens is 1. The molecule has 1 aromatic heterocycles. The fraction of sp³-hybridized carbons (Fsp3) is 0.438. The second kappa shape index (κ2) is 6.55. The Bertz CT molecular complexity index is 587. The third kappa shape index (κ3) is 3.18. The molecule has 0 unspecified atom stereocenters. The van der Waals surface area contributed by atoms with Gasteiger partial charge in [0.15, 0.2) is 0 Å². The number of carbonyl (C=O) groups excluding carboxylic acids is 1. The van der Waals surface area contributed by atoms with E-state index in [4.69, 9.17) is 0 Å². The van der Waals surface area contributed by atoms with Crippen LogP contribution < -0.4 is 5.32 Å². The molecule has 1 amide bonds. The molecule has 108 valence electrons. The summed E-state index contributed by atoms with van der Waals surface area (Å²) in [6, 6.07) is 4.73. The number of rotatable bonds is 6. The lowest BCUT2D eigenvalue weighted by Crippen LogP contribution is -2.31. The number of hydrogen-bond donors (Lipinski definition) is 2. The maximum atomic E-state index is 13.1. The van der Waals surface area contributed by atoms with Gasteiger partial charge in [0, 0.05) is 29.6 Å². The first-order valence-electron chi connectivity index (χ1n) is 7.18. The number of carbonyl (C=O) groups is 1. The summed E-state index contributed by atoms with van der Waals surface area (Å²) in [5.41, 5.74) is 1.90. The molecule has 2 aromatic rings. The molecule has 0 saturated heterocycles. The first-order valence-corrected chi connectivity index (χ1v) is 7.18. The standard InChI is InChI=1S/C16H21FN2O/c1-3-11(4-2)16(20)18-8-7-12-10-19-15-9-13(17)5-6-14(12)15/h5-6,9-11,19H,3-4,7-8H2,1-2H3,(H,18,20). The number of H-pyrrole nitrogens is 1. The minimum atomic E-state index is -0.243. The highest BCUT2D eigenvalue weighted by Crippen LogP contribution is 2.19. The lowest BCUT2D eigenvalue weighted by molar-refractivity contribution is -0.125. The van der Waals surface area contributed by atoms with E-state index in [0.29, 0.717) is 6.54 Å². The minimum absolute atomic E-state index is 0.104. The zero-order valence-corrected chi connectivity index (χ0v) is 12.0. The zero-order valence-electron chi connectivity index (χ0n) is 12.0. The van der Waals surface area contributed by atoms with Crippen LogP contribution in [0.1, 0.15) is 32.3 Å². The summed E-state index contributed by atoms with van der Waals surface area (Å²) < 4.78 is 13.1. The van der Waals surface area contributed by atoms with E-state index in [2.05, 4.69) is 10.3 Å². The van der Waals surface area contributed by atoms with Crippen LogP contribution in [0.5, 0.6) is 0 Å². The van der Waals surface area contributed by atoms with E-state index in [1.54, 1.807) is 6.07 Å². The van der Waals surface area contributed by atoms with Crippen molar-refractivity contribution in [2.75, 3.05) is 6.54 Å². The van der Waals surface area contributed by atoms with E-state index in [1.165, 1.54) is 12.1 Å². The maximum absolute atomic E-state index is 13.1. The van der Waals surface area contributed by atoms with Crippen molar-refractivity contribution in [3.63, 3.8) is 0 Å². The summed E-state index contributed by atoms with van der Waals surface area (Å²) in [4.78, 5) is 14.9. The molecule has 0 spiro atoms. The fourth-order valence-electron chi connectivity index (χ4n) is 2.49. The topological polar surface area (TPSA) is 44.9 Å². The monoisotopic (exact) mass is 276 g/mol. The summed E-state index contributed by atoms with van der Waals surface area (Å²) in [7, 11) is 0. The van der Waals surface area contributed by atoms with Gasteiger partial charge >= 0.3 is 0 Å². The van der Waals surface area contributed by atoms with Crippen LogP contribution >= 0.6 is 0 Å². The van der Waals surface area contributed by atoms with Gasteiger partial charge in [-0.3, -0.25) is 4.79 Å². The van der Waals surface area contributed by atoms with E-state index < -0.39 is 0 Å². The SMILES string of the molecule is CCC(CC)C(=O)NCCc1c[nH]c2cc(F)ccc12. The Balaban J connectivity index is 1.95. The van der Waals surface area contributed by atoms with Gasteiger partial charge in [-0.25, -0.2) is 4.39 Å². The van der Waals surface area contributed by atoms with Gasteiger partial charge in [0.1, 0.15) is 5.82 Å². The highest BCUT2D eigenvalue weighted by atomic mass is 19.1. The minimum Gasteiger partial charge on any atom is -0.361 e. The first kappa shape index (κ1) is 14.6. The molecular formula is C16H21FN2O. The van der Waals surface area contributed by atoms with E-state index in [-0.39, 0.29) is 17.6 Å². The molecule has 1 heterocycles. The first-order chi connectivity index (χ1) is 9.65. The number of amides is 1. The molecule has 3 nitrogen and oxygen atoms in total. The molecule has 0 saturated carbocycles. The number of nitrogens with one attached hydrogen (secondary N) is 2. The Hall–Kier alpha value is -1.84. The van der Waals surface area contributed by atoms with Crippen molar-refractivity contribution in [2.45, 2.75) is 33.1 Å². The summed E-state index contributed by atoms with van der Waals surface area (Å²) in [6.07, 6.45) is 4.37. The third-order valence-electron chi connectivity index (χ3n) is 3.78.